The molecule has 720 valence electrons. The van der Waals surface area contributed by atoms with Gasteiger partial charge in [-0.1, -0.05) is 82.1 Å². The summed E-state index contributed by atoms with van der Waals surface area (Å²) in [5, 5.41) is 82.9. The van der Waals surface area contributed by atoms with E-state index in [4.69, 9.17) is 22.6 Å². The Morgan fingerprint density at radius 1 is 0.583 bits per heavy atom. The molecule has 5 heterocycles. The van der Waals surface area contributed by atoms with Gasteiger partial charge in [-0.15, -0.1) is 23.1 Å². The molecule has 3 aliphatic heterocycles. The number of hydrogen-bond acceptors (Lipinski definition) is 25. The van der Waals surface area contributed by atoms with Crippen molar-refractivity contribution in [3.05, 3.63) is 101 Å². The number of phenols is 1. The molecule has 0 aliphatic carbocycles. The minimum absolute atomic E-state index is 0.0170. The van der Waals surface area contributed by atoms with E-state index in [1.165, 1.54) is 75.4 Å². The normalized spacial score (nSPS) is 25.1. The fourth-order valence-corrected chi connectivity index (χ4v) is 18.2. The summed E-state index contributed by atoms with van der Waals surface area (Å²) >= 11 is 3.42. The lowest BCUT2D eigenvalue weighted by Crippen LogP contribution is -2.62. The monoisotopic (exact) mass is 1890 g/mol. The second-order valence-corrected chi connectivity index (χ2v) is 36.3. The number of primary amides is 2. The molecule has 23 N–H and O–H groups in total. The van der Waals surface area contributed by atoms with E-state index in [0.29, 0.717) is 45.8 Å². The molecule has 0 bridgehead atoms. The summed E-state index contributed by atoms with van der Waals surface area (Å²) in [5.41, 5.74) is 18.8. The maximum absolute atomic E-state index is 15.7. The minimum Gasteiger partial charge on any atom is -0.508 e. The molecule has 5 aromatic rings. The highest BCUT2D eigenvalue weighted by Crippen LogP contribution is 2.30. The van der Waals surface area contributed by atoms with Crippen molar-refractivity contribution in [2.45, 2.75) is 208 Å². The number of para-hydroxylation sites is 1. The summed E-state index contributed by atoms with van der Waals surface area (Å²) in [6, 6.07) is -2.61. The number of rotatable bonds is 25. The molecule has 0 saturated carbocycles. The maximum Gasteiger partial charge on any atom is 0.246 e. The van der Waals surface area contributed by atoms with Crippen LogP contribution in [0.25, 0.3) is 21.0 Å². The molecule has 0 spiro atoms. The number of likely N-dealkylation sites (N-methyl/N-ethyl adjacent to an activating group) is 3. The number of aliphatic hydroxyl groups is 3. The Morgan fingerprint density at radius 2 is 1.16 bits per heavy atom. The van der Waals surface area contributed by atoms with E-state index in [2.05, 4.69) is 63.5 Å². The van der Waals surface area contributed by atoms with E-state index >= 15 is 33.6 Å². The molecule has 3 aliphatic rings. The number of amides is 17. The van der Waals surface area contributed by atoms with E-state index in [9.17, 15) is 68.4 Å². The first-order chi connectivity index (χ1) is 62.8. The van der Waals surface area contributed by atoms with Crippen LogP contribution in [0.3, 0.4) is 0 Å². The number of benzene rings is 3. The first kappa shape index (κ1) is 105. The van der Waals surface area contributed by atoms with Gasteiger partial charge in [0.15, 0.2) is 5.96 Å². The second-order valence-electron chi connectivity index (χ2n) is 33.4. The molecule has 42 nitrogen and oxygen atoms in total. The molecule has 15 atom stereocenters. The third-order valence-corrected chi connectivity index (χ3v) is 25.9. The van der Waals surface area contributed by atoms with Crippen molar-refractivity contribution >= 4 is 162 Å². The van der Waals surface area contributed by atoms with Crippen molar-refractivity contribution in [2.24, 2.45) is 23.1 Å². The van der Waals surface area contributed by atoms with Crippen molar-refractivity contribution < 1.29 is 102 Å². The largest absolute Gasteiger partial charge is 0.508 e. The number of fused-ring (bicyclic) bond motifs is 4. The number of aromatic amines is 1. The number of unbranched alkanes of at least 4 members (excludes halogenated alkanes) is 1. The van der Waals surface area contributed by atoms with Gasteiger partial charge < -0.3 is 126 Å². The Morgan fingerprint density at radius 3 is 1.81 bits per heavy atom. The predicted octanol–water partition coefficient (Wildman–Crippen LogP) is -3.61. The molecule has 132 heavy (non-hydrogen) atoms. The van der Waals surface area contributed by atoms with Gasteiger partial charge in [-0.2, -0.15) is 11.8 Å². The number of aromatic nitrogens is 1. The van der Waals surface area contributed by atoms with Crippen molar-refractivity contribution in [1.29, 1.82) is 5.41 Å². The van der Waals surface area contributed by atoms with Gasteiger partial charge >= 0.3 is 0 Å². The van der Waals surface area contributed by atoms with Crippen LogP contribution in [-0.4, -0.2) is 331 Å². The maximum atomic E-state index is 15.7. The summed E-state index contributed by atoms with van der Waals surface area (Å²) in [5.74, 6) is -18.3. The molecule has 0 radical (unpaired) electrons. The first-order valence-corrected chi connectivity index (χ1v) is 47.0. The molecular formula is C87H123N21O21S3. The van der Waals surface area contributed by atoms with Crippen molar-refractivity contribution in [2.75, 3.05) is 84.1 Å². The standard InChI is InChI=1S/C87H123N21O21S3/c1-9-10-21-65-79(122)96-56(20-15-29-92-87(90)91)75(118)103-64(74(117)94-39-71(89)114)44-131-45-72(115)95-59(33-48-24-26-51(111)27-25-48)82(125)104(5)47(4)73(116)98-61(37-70(88)113)84(127)107-30-16-22-66(107)80(123)102-63(42-110)78(121)99-58(32-46(2)3)85(128)108-40-52(112)36-68(108)81(124)97-57(34-49-38-93-55-19-13-11-17-53(49)55)76(119)101-62(41-109)77(120)100-60(35-50-43-132-69-23-14-12-18-54(50)69)83(126)106(7)67(28-31-130-8)86(129)105(65)6/h11-14,17-19,23-27,38,43,46-47,52,56-68,93,109-112H,9-10,15-16,20-22,28-37,39-42,44-45H2,1-8H3,(H2,88,113)(H2,89,114)(H,94,117)(H,95,115)(H,96,122)(H,97,124)(H,98,116)(H,99,121)(H,100,120)(H,101,119)(H,102,123)(H,103,118)(H4,90,91,92)/t47-,52+,56-,57-,58-,59-,60-,61-,62-,63-,64?,65-,66-,67-,68-/m0/s1. The molecule has 1 unspecified atom stereocenters. The van der Waals surface area contributed by atoms with E-state index in [1.807, 2.05) is 19.1 Å². The zero-order chi connectivity index (χ0) is 96.9. The zero-order valence-electron chi connectivity index (χ0n) is 75.0. The summed E-state index contributed by atoms with van der Waals surface area (Å²) in [6.07, 6.45) is 0.385. The van der Waals surface area contributed by atoms with Gasteiger partial charge in [0, 0.05) is 94.0 Å². The summed E-state index contributed by atoms with van der Waals surface area (Å²) in [6.45, 7) is 2.92. The van der Waals surface area contributed by atoms with Crippen LogP contribution in [0.5, 0.6) is 5.75 Å². The van der Waals surface area contributed by atoms with Gasteiger partial charge in [0.2, 0.25) is 100 Å². The van der Waals surface area contributed by atoms with Crippen LogP contribution in [0, 0.1) is 11.3 Å². The average Bonchev–Trinajstić information content (AvgIpc) is 1.22. The molecule has 45 heteroatoms. The van der Waals surface area contributed by atoms with Crippen LogP contribution >= 0.6 is 34.9 Å². The van der Waals surface area contributed by atoms with Crippen molar-refractivity contribution in [3.8, 4) is 5.75 Å². The van der Waals surface area contributed by atoms with Gasteiger partial charge in [-0.25, -0.2) is 0 Å². The van der Waals surface area contributed by atoms with Crippen LogP contribution < -0.4 is 75.7 Å². The molecule has 2 aromatic heterocycles. The first-order valence-electron chi connectivity index (χ1n) is 43.6. The number of carbonyl (C=O) groups excluding carboxylic acids is 17. The number of hydrogen-bond donors (Lipinski definition) is 20. The molecular weight excluding hydrogens is 1770 g/mol. The Bertz CT molecular complexity index is 4960. The average molecular weight is 1900 g/mol. The predicted molar refractivity (Wildman–Crippen MR) is 492 cm³/mol. The second kappa shape index (κ2) is 50.4. The van der Waals surface area contributed by atoms with Gasteiger partial charge in [0.1, 0.15) is 90.3 Å². The smallest absolute Gasteiger partial charge is 0.246 e. The Hall–Kier alpha value is -12.2. The molecule has 8 rings (SSSR count). The number of nitrogens with one attached hydrogen (secondary N) is 13. The van der Waals surface area contributed by atoms with Gasteiger partial charge in [0.05, 0.1) is 38.0 Å². The fourth-order valence-electron chi connectivity index (χ4n) is 15.9. The lowest BCUT2D eigenvalue weighted by molar-refractivity contribution is -0.149. The van der Waals surface area contributed by atoms with Crippen LogP contribution in [0.2, 0.25) is 0 Å². The Labute approximate surface area is 775 Å². The molecule has 3 aromatic carbocycles. The van der Waals surface area contributed by atoms with Crippen LogP contribution in [0.15, 0.2) is 84.4 Å². The summed E-state index contributed by atoms with van der Waals surface area (Å²) < 4.78 is 0.805. The van der Waals surface area contributed by atoms with E-state index < -0.39 is 254 Å². The number of aliphatic hydroxyl groups excluding tert-OH is 3. The lowest BCUT2D eigenvalue weighted by Gasteiger charge is -2.36. The zero-order valence-corrected chi connectivity index (χ0v) is 77.5. The number of nitrogens with zero attached hydrogens (tertiary/aromatic N) is 5. The van der Waals surface area contributed by atoms with Crippen LogP contribution in [0.1, 0.15) is 115 Å². The third kappa shape index (κ3) is 29.4. The molecule has 17 amide bonds. The topological polar surface area (TPSA) is 637 Å². The fraction of sp³-hybridized carbons (Fsp3) is 0.540. The van der Waals surface area contributed by atoms with E-state index in [-0.39, 0.29) is 88.8 Å². The highest BCUT2D eigenvalue weighted by Gasteiger charge is 2.47. The SMILES string of the molecule is CCCC[C@H]1C(=O)N[C@@H](CCCNC(=N)N)C(=O)NC(C(=O)NCC(N)=O)CSCC(=O)N[C@@H](Cc2ccc(O)cc2)C(=O)N(C)[C@@H](C)C(=O)N[C@@H](CC(N)=O)C(=O)N2CCC[C@H]2C(=O)N[C@@H](CO)C(=O)N[C@@H](CC(C)C)C(=O)N2C[C@H](O)C[C@H]2C(=O)N[C@@H](Cc2c[nH]c3ccccc23)C(=O)N[C@@H](CO)C(=O)N[C@@H](Cc2csc3ccccc23)C(=O)N(C)[C@@H](CCSC)C(=O)N1C. The van der Waals surface area contributed by atoms with Crippen LogP contribution in [0.4, 0.5) is 0 Å². The van der Waals surface area contributed by atoms with E-state index in [1.54, 1.807) is 68.1 Å². The van der Waals surface area contributed by atoms with Gasteiger partial charge in [-0.3, -0.25) is 86.9 Å². The lowest BCUT2D eigenvalue weighted by atomic mass is 10.0. The number of thioether (sulfide) groups is 2. The van der Waals surface area contributed by atoms with Crippen molar-refractivity contribution in [1.82, 2.24) is 88.0 Å². The Kier molecular flexibility index (Phi) is 40.2. The number of thiophene rings is 1. The summed E-state index contributed by atoms with van der Waals surface area (Å²) in [7, 11) is 3.87. The highest BCUT2D eigenvalue weighted by molar-refractivity contribution is 8.00. The third-order valence-electron chi connectivity index (χ3n) is 23.2. The number of nitrogens with two attached hydrogens (primary N) is 3. The highest BCUT2D eigenvalue weighted by atomic mass is 32.2. The molecule has 3 saturated heterocycles. The number of phenolic OH excluding ortho intramolecular Hbond substituents is 1. The number of carbonyl (C=O) groups is 17. The van der Waals surface area contributed by atoms with Crippen molar-refractivity contribution in [3.63, 3.8) is 0 Å². The molecule has 3 fully saturated rings. The van der Waals surface area contributed by atoms with Gasteiger partial charge in [-0.05, 0) is 122 Å². The summed E-state index contributed by atoms with van der Waals surface area (Å²) in [4.78, 5) is 257. The number of H-pyrrole nitrogens is 1. The minimum atomic E-state index is -1.89. The Balaban J connectivity index is 1.19. The van der Waals surface area contributed by atoms with E-state index in [0.717, 1.165) is 41.0 Å². The van der Waals surface area contributed by atoms with Crippen LogP contribution in [-0.2, 0) is 101 Å². The number of aromatic hydroxyl groups is 1. The quantitative estimate of drug-likeness (QED) is 0.0152. The number of guanidine groups is 1. The van der Waals surface area contributed by atoms with Gasteiger partial charge in [0.25, 0.3) is 0 Å².